The molecule has 0 amide bonds. The lowest BCUT2D eigenvalue weighted by Gasteiger charge is -2.43. The molecule has 1 saturated heterocycles. The number of methoxy groups -OCH3 is 1. The van der Waals surface area contributed by atoms with Gasteiger partial charge in [0.2, 0.25) is 0 Å². The van der Waals surface area contributed by atoms with Gasteiger partial charge in [-0.1, -0.05) is 30.3 Å². The van der Waals surface area contributed by atoms with Crippen molar-refractivity contribution < 1.29 is 4.74 Å². The van der Waals surface area contributed by atoms with Gasteiger partial charge in [-0.2, -0.15) is 0 Å². The smallest absolute Gasteiger partial charge is 0.119 e. The molecule has 0 saturated carbocycles. The number of aromatic nitrogens is 1. The number of hydrogen-bond acceptors (Lipinski definition) is 4. The van der Waals surface area contributed by atoms with E-state index in [4.69, 9.17) is 4.74 Å². The number of nitrogens with zero attached hydrogens (tertiary/aromatic N) is 2. The number of rotatable bonds is 4. The van der Waals surface area contributed by atoms with E-state index < -0.39 is 0 Å². The second-order valence-electron chi connectivity index (χ2n) is 7.45. The molecule has 0 aliphatic carbocycles. The van der Waals surface area contributed by atoms with E-state index in [1.165, 1.54) is 16.5 Å². The monoisotopic (exact) mass is 361 g/mol. The highest BCUT2D eigenvalue weighted by Gasteiger charge is 2.32. The van der Waals surface area contributed by atoms with Gasteiger partial charge in [0.25, 0.3) is 0 Å². The quantitative estimate of drug-likeness (QED) is 0.762. The third-order valence-corrected chi connectivity index (χ3v) is 5.53. The summed E-state index contributed by atoms with van der Waals surface area (Å²) in [5.41, 5.74) is 3.60. The minimum atomic E-state index is 0.160. The lowest BCUT2D eigenvalue weighted by atomic mass is 9.92. The van der Waals surface area contributed by atoms with Gasteiger partial charge in [-0.25, -0.2) is 0 Å². The number of benzene rings is 2. The summed E-state index contributed by atoms with van der Waals surface area (Å²) < 4.78 is 5.52. The first kappa shape index (κ1) is 18.0. The minimum absolute atomic E-state index is 0.160. The maximum Gasteiger partial charge on any atom is 0.119 e. The van der Waals surface area contributed by atoms with Crippen LogP contribution in [0.3, 0.4) is 0 Å². The second-order valence-corrected chi connectivity index (χ2v) is 7.45. The van der Waals surface area contributed by atoms with Gasteiger partial charge in [0.05, 0.1) is 18.7 Å². The molecule has 1 N–H and O–H groups in total. The molecule has 4 rings (SSSR count). The maximum atomic E-state index is 5.52. The molecule has 1 fully saturated rings. The largest absolute Gasteiger partial charge is 0.497 e. The number of fused-ring (bicyclic) bond motifs is 1. The first-order valence-corrected chi connectivity index (χ1v) is 9.64. The van der Waals surface area contributed by atoms with Crippen LogP contribution in [0.15, 0.2) is 60.8 Å². The predicted octanol–water partition coefficient (Wildman–Crippen LogP) is 4.02. The summed E-state index contributed by atoms with van der Waals surface area (Å²) in [5, 5.41) is 4.81. The fourth-order valence-corrected chi connectivity index (χ4v) is 4.13. The molecule has 140 valence electrons. The normalized spacial score (nSPS) is 21.9. The molecule has 2 heterocycles. The van der Waals surface area contributed by atoms with E-state index in [9.17, 15) is 0 Å². The Morgan fingerprint density at radius 3 is 2.81 bits per heavy atom. The molecule has 1 aliphatic heterocycles. The molecule has 3 aromatic rings. The van der Waals surface area contributed by atoms with Crippen molar-refractivity contribution in [3.8, 4) is 5.75 Å². The first-order chi connectivity index (χ1) is 13.2. The Hall–Kier alpha value is -2.43. The van der Waals surface area contributed by atoms with E-state index >= 15 is 0 Å². The van der Waals surface area contributed by atoms with E-state index in [0.717, 1.165) is 24.4 Å². The molecule has 0 spiro atoms. The number of nitrogens with one attached hydrogen (secondary N) is 1. The van der Waals surface area contributed by atoms with Crippen molar-refractivity contribution in [1.82, 2.24) is 15.2 Å². The van der Waals surface area contributed by atoms with Gasteiger partial charge in [-0.05, 0) is 49.2 Å². The molecule has 27 heavy (non-hydrogen) atoms. The maximum absolute atomic E-state index is 5.52. The van der Waals surface area contributed by atoms with Crippen LogP contribution < -0.4 is 10.1 Å². The highest BCUT2D eigenvalue weighted by molar-refractivity contribution is 5.82. The summed E-state index contributed by atoms with van der Waals surface area (Å²) >= 11 is 0. The number of para-hydroxylation sites is 1. The molecule has 1 aromatic heterocycles. The zero-order chi connectivity index (χ0) is 18.8. The molecule has 2 aromatic carbocycles. The zero-order valence-electron chi connectivity index (χ0n) is 16.2. The first-order valence-electron chi connectivity index (χ1n) is 9.64. The van der Waals surface area contributed by atoms with Gasteiger partial charge in [0, 0.05) is 36.8 Å². The standard InChI is InChI=1S/C23H27N3O/c1-16-15-26(17(2)14-25-16)23(18-7-6-8-19(13-18)27-3)21-11-12-24-22-10-5-4-9-20(21)22/h4-13,16-17,23,25H,14-15H2,1-3H3. The van der Waals surface area contributed by atoms with Gasteiger partial charge in [-0.3, -0.25) is 9.88 Å². The van der Waals surface area contributed by atoms with Crippen LogP contribution in [0.5, 0.6) is 5.75 Å². The van der Waals surface area contributed by atoms with Crippen LogP contribution >= 0.6 is 0 Å². The highest BCUT2D eigenvalue weighted by Crippen LogP contribution is 2.36. The van der Waals surface area contributed by atoms with Crippen LogP contribution in [0.25, 0.3) is 10.9 Å². The summed E-state index contributed by atoms with van der Waals surface area (Å²) in [6, 6.07) is 20.1. The summed E-state index contributed by atoms with van der Waals surface area (Å²) in [4.78, 5) is 7.18. The fraction of sp³-hybridized carbons (Fsp3) is 0.348. The molecule has 0 bridgehead atoms. The van der Waals surface area contributed by atoms with Crippen LogP contribution in [0.1, 0.15) is 31.0 Å². The van der Waals surface area contributed by atoms with Gasteiger partial charge >= 0.3 is 0 Å². The van der Waals surface area contributed by atoms with Crippen LogP contribution in [-0.4, -0.2) is 42.2 Å². The molecule has 3 atom stereocenters. The van der Waals surface area contributed by atoms with Crippen molar-refractivity contribution in [1.29, 1.82) is 0 Å². The van der Waals surface area contributed by atoms with Gasteiger partial charge < -0.3 is 10.1 Å². The SMILES string of the molecule is COc1cccc(C(c2ccnc3ccccc23)N2CC(C)NCC2C)c1. The molecule has 0 radical (unpaired) electrons. The Bertz CT molecular complexity index is 921. The van der Waals surface area contributed by atoms with Crippen LogP contribution in [0.4, 0.5) is 0 Å². The van der Waals surface area contributed by atoms with E-state index in [1.807, 2.05) is 12.3 Å². The topological polar surface area (TPSA) is 37.4 Å². The summed E-state index contributed by atoms with van der Waals surface area (Å²) in [6.07, 6.45) is 1.93. The average Bonchev–Trinajstić information content (AvgIpc) is 2.71. The van der Waals surface area contributed by atoms with Crippen LogP contribution in [0.2, 0.25) is 0 Å². The highest BCUT2D eigenvalue weighted by atomic mass is 16.5. The van der Waals surface area contributed by atoms with E-state index in [2.05, 4.69) is 77.6 Å². The second kappa shape index (κ2) is 7.67. The molecule has 4 heteroatoms. The van der Waals surface area contributed by atoms with Crippen molar-refractivity contribution in [2.24, 2.45) is 0 Å². The number of ether oxygens (including phenoxy) is 1. The molecular weight excluding hydrogens is 334 g/mol. The van der Waals surface area contributed by atoms with Crippen molar-refractivity contribution >= 4 is 10.9 Å². The van der Waals surface area contributed by atoms with Crippen molar-refractivity contribution in [2.75, 3.05) is 20.2 Å². The number of piperazine rings is 1. The Morgan fingerprint density at radius 2 is 1.96 bits per heavy atom. The third-order valence-electron chi connectivity index (χ3n) is 5.53. The van der Waals surface area contributed by atoms with Crippen molar-refractivity contribution in [2.45, 2.75) is 32.0 Å². The van der Waals surface area contributed by atoms with E-state index in [-0.39, 0.29) is 6.04 Å². The Balaban J connectivity index is 1.89. The summed E-state index contributed by atoms with van der Waals surface area (Å²) in [7, 11) is 1.73. The number of hydrogen-bond donors (Lipinski definition) is 1. The Labute approximate surface area is 161 Å². The third kappa shape index (κ3) is 3.55. The van der Waals surface area contributed by atoms with Crippen molar-refractivity contribution in [3.63, 3.8) is 0 Å². The molecule has 1 aliphatic rings. The number of pyridine rings is 1. The Kier molecular flexibility index (Phi) is 5.10. The van der Waals surface area contributed by atoms with Crippen molar-refractivity contribution in [3.05, 3.63) is 71.9 Å². The fourth-order valence-electron chi connectivity index (χ4n) is 4.13. The molecule has 4 nitrogen and oxygen atoms in total. The molecular formula is C23H27N3O. The lowest BCUT2D eigenvalue weighted by Crippen LogP contribution is -2.55. The van der Waals surface area contributed by atoms with Gasteiger partial charge in [0.15, 0.2) is 0 Å². The lowest BCUT2D eigenvalue weighted by molar-refractivity contribution is 0.113. The summed E-state index contributed by atoms with van der Waals surface area (Å²) in [6.45, 7) is 6.55. The predicted molar refractivity (Wildman–Crippen MR) is 110 cm³/mol. The van der Waals surface area contributed by atoms with Gasteiger partial charge in [0.1, 0.15) is 5.75 Å². The van der Waals surface area contributed by atoms with Crippen LogP contribution in [0, 0.1) is 0 Å². The van der Waals surface area contributed by atoms with E-state index in [1.54, 1.807) is 7.11 Å². The van der Waals surface area contributed by atoms with Crippen LogP contribution in [-0.2, 0) is 0 Å². The molecule has 3 unspecified atom stereocenters. The Morgan fingerprint density at radius 1 is 1.11 bits per heavy atom. The van der Waals surface area contributed by atoms with E-state index in [0.29, 0.717) is 12.1 Å². The average molecular weight is 361 g/mol. The summed E-state index contributed by atoms with van der Waals surface area (Å²) in [5.74, 6) is 0.895. The minimum Gasteiger partial charge on any atom is -0.497 e. The zero-order valence-corrected chi connectivity index (χ0v) is 16.2. The van der Waals surface area contributed by atoms with Gasteiger partial charge in [-0.15, -0.1) is 0 Å².